The fourth-order valence-corrected chi connectivity index (χ4v) is 7.09. The maximum atomic E-state index is 14.9. The number of methoxy groups -OCH3 is 2. The quantitative estimate of drug-likeness (QED) is 0.0851. The highest BCUT2D eigenvalue weighted by molar-refractivity contribution is 7.99. The van der Waals surface area contributed by atoms with E-state index in [0.717, 1.165) is 31.4 Å². The number of ether oxygens (including phenoxy) is 2. The third kappa shape index (κ3) is 4.21. The highest BCUT2D eigenvalue weighted by atomic mass is 32.2. The molecule has 4 aromatic carbocycles. The first kappa shape index (κ1) is 30.0. The number of Topliss-reactive ketones (excluding diaryl/α,β-unsaturated/α-hetero) is 1. The van der Waals surface area contributed by atoms with E-state index in [1.54, 1.807) is 0 Å². The predicted molar refractivity (Wildman–Crippen MR) is 143 cm³/mol. The van der Waals surface area contributed by atoms with Gasteiger partial charge in [0.1, 0.15) is 5.75 Å². The van der Waals surface area contributed by atoms with Crippen LogP contribution in [0.1, 0.15) is 27.0 Å². The molecule has 0 spiro atoms. The molecule has 4 nitrogen and oxygen atoms in total. The first-order chi connectivity index (χ1) is 20.5. The van der Waals surface area contributed by atoms with E-state index in [0.29, 0.717) is 17.8 Å². The topological polar surface area (TPSA) is 48.4 Å². The van der Waals surface area contributed by atoms with Crippen LogP contribution in [0.15, 0.2) is 70.5 Å². The molecule has 2 heterocycles. The Labute approximate surface area is 245 Å². The summed E-state index contributed by atoms with van der Waals surface area (Å²) in [6, 6.07) is 11.0. The molecule has 6 rings (SSSR count). The van der Waals surface area contributed by atoms with Gasteiger partial charge in [-0.05, 0) is 30.3 Å². The van der Waals surface area contributed by atoms with Crippen molar-refractivity contribution >= 4 is 50.1 Å². The average Bonchev–Trinajstić information content (AvgIpc) is 2.95. The van der Waals surface area contributed by atoms with Crippen LogP contribution in [0.4, 0.5) is 39.5 Å². The van der Waals surface area contributed by atoms with Crippen LogP contribution in [-0.2, 0) is 16.5 Å². The lowest BCUT2D eigenvalue weighted by molar-refractivity contribution is -0.260. The van der Waals surface area contributed by atoms with E-state index in [1.165, 1.54) is 37.4 Å². The molecule has 1 aliphatic rings. The lowest BCUT2D eigenvalue weighted by Gasteiger charge is -2.40. The number of hydrogen-bond donors (Lipinski definition) is 0. The van der Waals surface area contributed by atoms with Gasteiger partial charge in [0.2, 0.25) is 5.60 Å². The van der Waals surface area contributed by atoms with E-state index in [-0.39, 0.29) is 27.1 Å². The molecule has 0 N–H and O–H groups in total. The molecule has 1 aromatic heterocycles. The van der Waals surface area contributed by atoms with Gasteiger partial charge in [-0.15, -0.1) is 0 Å². The van der Waals surface area contributed by atoms with Gasteiger partial charge in [0.25, 0.3) is 5.78 Å². The molecule has 0 radical (unpaired) electrons. The van der Waals surface area contributed by atoms with Gasteiger partial charge in [0.15, 0.2) is 0 Å². The van der Waals surface area contributed by atoms with Crippen molar-refractivity contribution in [3.8, 4) is 5.75 Å². The summed E-state index contributed by atoms with van der Waals surface area (Å²) in [7, 11) is 1.99. The van der Waals surface area contributed by atoms with Crippen molar-refractivity contribution in [1.29, 1.82) is 0 Å². The van der Waals surface area contributed by atoms with Crippen LogP contribution in [0.5, 0.6) is 5.75 Å². The number of benzene rings is 4. The monoisotopic (exact) mass is 641 g/mol. The molecular weight excluding hydrogens is 625 g/mol. The highest BCUT2D eigenvalue weighted by Crippen LogP contribution is 2.59. The SMILES string of the molecule is COc1ccc2nc3c(cc(C(=O)C(F)(F)F)c4c5c(ccc43)C(OC)(C(F)(F)F)c3ccccc3S5)c(C(F)(F)F)c2c1. The van der Waals surface area contributed by atoms with E-state index < -0.39 is 73.2 Å². The average molecular weight is 642 g/mol. The number of hydrogen-bond acceptors (Lipinski definition) is 5. The van der Waals surface area contributed by atoms with Crippen molar-refractivity contribution in [1.82, 2.24) is 4.98 Å². The van der Waals surface area contributed by atoms with E-state index >= 15 is 0 Å². The molecule has 1 unspecified atom stereocenters. The Balaban J connectivity index is 1.87. The summed E-state index contributed by atoms with van der Waals surface area (Å²) < 4.78 is 141. The van der Waals surface area contributed by atoms with Crippen LogP contribution in [0.2, 0.25) is 0 Å². The number of rotatable bonds is 3. The minimum Gasteiger partial charge on any atom is -0.497 e. The Morgan fingerprint density at radius 3 is 2.14 bits per heavy atom. The number of ketones is 1. The number of fused-ring (bicyclic) bond motifs is 7. The predicted octanol–water partition coefficient (Wildman–Crippen LogP) is 9.23. The lowest BCUT2D eigenvalue weighted by atomic mass is 9.82. The molecule has 5 aromatic rings. The lowest BCUT2D eigenvalue weighted by Crippen LogP contribution is -2.47. The molecular formula is C30H16F9NO3S. The largest absolute Gasteiger partial charge is 0.497 e. The number of alkyl halides is 9. The van der Waals surface area contributed by atoms with Crippen LogP contribution in [0.25, 0.3) is 32.6 Å². The van der Waals surface area contributed by atoms with Crippen molar-refractivity contribution in [2.75, 3.05) is 14.2 Å². The van der Waals surface area contributed by atoms with Crippen molar-refractivity contribution in [3.63, 3.8) is 0 Å². The van der Waals surface area contributed by atoms with Gasteiger partial charge in [-0.2, -0.15) is 39.5 Å². The standard InChI is InChI=1S/C30H16F9NO3S/c1-42-13-7-10-20-15(11-13)23(28(31,32)33)17-12-16(26(41)29(34,35)36)22-14(24(17)40-20)8-9-19-25(22)44-21-6-4-3-5-18(21)27(19,43-2)30(37,38)39/h3-12H,1-2H3. The number of halogens is 9. The fourth-order valence-electron chi connectivity index (χ4n) is 5.76. The normalized spacial score (nSPS) is 17.2. The Kier molecular flexibility index (Phi) is 6.64. The third-order valence-corrected chi connectivity index (χ3v) is 8.75. The molecule has 44 heavy (non-hydrogen) atoms. The number of pyridine rings is 1. The van der Waals surface area contributed by atoms with Crippen LogP contribution in [-0.4, -0.2) is 37.3 Å². The van der Waals surface area contributed by atoms with Crippen molar-refractivity contribution in [2.45, 2.75) is 33.9 Å². The van der Waals surface area contributed by atoms with Gasteiger partial charge >= 0.3 is 18.5 Å². The van der Waals surface area contributed by atoms with Gasteiger partial charge in [-0.1, -0.05) is 42.1 Å². The molecule has 1 aliphatic heterocycles. The fraction of sp³-hybridized carbons (Fsp3) is 0.200. The molecule has 228 valence electrons. The zero-order chi connectivity index (χ0) is 32.0. The van der Waals surface area contributed by atoms with Gasteiger partial charge < -0.3 is 9.47 Å². The maximum Gasteiger partial charge on any atom is 0.454 e. The van der Waals surface area contributed by atoms with Gasteiger partial charge in [0.05, 0.1) is 23.7 Å². The summed E-state index contributed by atoms with van der Waals surface area (Å²) in [5.41, 5.74) is -7.44. The molecule has 0 aliphatic carbocycles. The van der Waals surface area contributed by atoms with E-state index in [1.807, 2.05) is 0 Å². The maximum absolute atomic E-state index is 14.9. The van der Waals surface area contributed by atoms with E-state index in [9.17, 15) is 44.3 Å². The number of carbonyl (C=O) groups is 1. The zero-order valence-electron chi connectivity index (χ0n) is 22.3. The number of nitrogens with zero attached hydrogens (tertiary/aromatic N) is 1. The Bertz CT molecular complexity index is 2020. The van der Waals surface area contributed by atoms with Gasteiger partial charge in [-0.25, -0.2) is 4.98 Å². The van der Waals surface area contributed by atoms with Crippen molar-refractivity contribution in [2.24, 2.45) is 0 Å². The number of carbonyl (C=O) groups excluding carboxylic acids is 1. The highest BCUT2D eigenvalue weighted by Gasteiger charge is 2.61. The van der Waals surface area contributed by atoms with Gasteiger partial charge in [-0.3, -0.25) is 4.79 Å². The third-order valence-electron chi connectivity index (χ3n) is 7.55. The van der Waals surface area contributed by atoms with Gasteiger partial charge in [0, 0.05) is 55.1 Å². The van der Waals surface area contributed by atoms with Crippen LogP contribution in [0, 0.1) is 0 Å². The van der Waals surface area contributed by atoms with Crippen molar-refractivity contribution < 1.29 is 53.8 Å². The van der Waals surface area contributed by atoms with Crippen molar-refractivity contribution in [3.05, 3.63) is 82.9 Å². The summed E-state index contributed by atoms with van der Waals surface area (Å²) in [6.45, 7) is 0. The molecule has 0 bridgehead atoms. The Morgan fingerprint density at radius 2 is 1.52 bits per heavy atom. The minimum atomic E-state index is -5.59. The molecule has 1 atom stereocenters. The zero-order valence-corrected chi connectivity index (χ0v) is 23.1. The minimum absolute atomic E-state index is 0.00345. The molecule has 14 heteroatoms. The Morgan fingerprint density at radius 1 is 0.818 bits per heavy atom. The summed E-state index contributed by atoms with van der Waals surface area (Å²) in [5.74, 6) is -2.53. The molecule has 0 fully saturated rings. The summed E-state index contributed by atoms with van der Waals surface area (Å²) in [6.07, 6.45) is -15.9. The summed E-state index contributed by atoms with van der Waals surface area (Å²) in [5, 5.41) is -2.36. The summed E-state index contributed by atoms with van der Waals surface area (Å²) >= 11 is 0.649. The summed E-state index contributed by atoms with van der Waals surface area (Å²) in [4.78, 5) is 16.7. The number of aromatic nitrogens is 1. The molecule has 0 saturated carbocycles. The van der Waals surface area contributed by atoms with E-state index in [4.69, 9.17) is 9.47 Å². The smallest absolute Gasteiger partial charge is 0.454 e. The molecule has 0 saturated heterocycles. The first-order valence-electron chi connectivity index (χ1n) is 12.5. The Hall–Kier alpha value is -4.04. The van der Waals surface area contributed by atoms with Crippen LogP contribution in [0.3, 0.4) is 0 Å². The van der Waals surface area contributed by atoms with Crippen LogP contribution >= 0.6 is 11.8 Å². The first-order valence-corrected chi connectivity index (χ1v) is 13.4. The second-order valence-corrected chi connectivity index (χ2v) is 10.9. The second kappa shape index (κ2) is 9.73. The molecule has 0 amide bonds. The van der Waals surface area contributed by atoms with E-state index in [2.05, 4.69) is 4.98 Å². The second-order valence-electron chi connectivity index (χ2n) is 9.86. The van der Waals surface area contributed by atoms with Crippen LogP contribution < -0.4 is 4.74 Å².